The van der Waals surface area contributed by atoms with E-state index < -0.39 is 0 Å². The van der Waals surface area contributed by atoms with Crippen molar-refractivity contribution in [2.75, 3.05) is 24.0 Å². The fourth-order valence-electron chi connectivity index (χ4n) is 1.86. The second-order valence-corrected chi connectivity index (χ2v) is 6.01. The molecule has 1 atom stereocenters. The maximum absolute atomic E-state index is 4.56. The molecule has 1 fully saturated rings. The highest BCUT2D eigenvalue weighted by Gasteiger charge is 2.20. The Balaban J connectivity index is 1.88. The average Bonchev–Trinajstić information content (AvgIpc) is 3.20. The van der Waals surface area contributed by atoms with E-state index >= 15 is 0 Å². The van der Waals surface area contributed by atoms with Crippen LogP contribution >= 0.6 is 11.8 Å². The Morgan fingerprint density at radius 2 is 2.28 bits per heavy atom. The van der Waals surface area contributed by atoms with Crippen LogP contribution in [0.1, 0.15) is 25.3 Å². The van der Waals surface area contributed by atoms with Crippen LogP contribution in [0, 0.1) is 0 Å². The molecule has 0 radical (unpaired) electrons. The van der Waals surface area contributed by atoms with Crippen LogP contribution < -0.4 is 10.2 Å². The van der Waals surface area contributed by atoms with Gasteiger partial charge in [0.25, 0.3) is 0 Å². The summed E-state index contributed by atoms with van der Waals surface area (Å²) in [4.78, 5) is 6.80. The molecule has 0 aromatic carbocycles. The van der Waals surface area contributed by atoms with Gasteiger partial charge in [-0.3, -0.25) is 0 Å². The molecule has 4 heteroatoms. The first-order valence-corrected chi connectivity index (χ1v) is 8.00. The van der Waals surface area contributed by atoms with Gasteiger partial charge in [0, 0.05) is 37.6 Å². The lowest BCUT2D eigenvalue weighted by atomic mass is 10.2. The highest BCUT2D eigenvalue weighted by atomic mass is 32.2. The molecule has 1 unspecified atom stereocenters. The van der Waals surface area contributed by atoms with E-state index in [0.717, 1.165) is 24.2 Å². The molecule has 0 amide bonds. The molecule has 3 nitrogen and oxygen atoms in total. The van der Waals surface area contributed by atoms with Crippen LogP contribution in [-0.4, -0.2) is 36.1 Å². The van der Waals surface area contributed by atoms with Gasteiger partial charge in [0.05, 0.1) is 0 Å². The Kier molecular flexibility index (Phi) is 4.89. The maximum Gasteiger partial charge on any atom is 0.128 e. The lowest BCUT2D eigenvalue weighted by molar-refractivity contribution is 0.684. The Morgan fingerprint density at radius 1 is 1.50 bits per heavy atom. The third-order valence-electron chi connectivity index (χ3n) is 3.41. The summed E-state index contributed by atoms with van der Waals surface area (Å²) < 4.78 is 0. The monoisotopic (exact) mass is 265 g/mol. The van der Waals surface area contributed by atoms with Crippen molar-refractivity contribution in [2.24, 2.45) is 0 Å². The topological polar surface area (TPSA) is 28.2 Å². The van der Waals surface area contributed by atoms with E-state index in [9.17, 15) is 0 Å². The molecule has 1 aliphatic rings. The van der Waals surface area contributed by atoms with Crippen molar-refractivity contribution in [3.05, 3.63) is 23.9 Å². The molecule has 1 aromatic heterocycles. The van der Waals surface area contributed by atoms with Crippen molar-refractivity contribution < 1.29 is 0 Å². The highest BCUT2D eigenvalue weighted by molar-refractivity contribution is 7.98. The molecule has 1 heterocycles. The van der Waals surface area contributed by atoms with Gasteiger partial charge in [0.2, 0.25) is 0 Å². The van der Waals surface area contributed by atoms with Gasteiger partial charge < -0.3 is 10.2 Å². The summed E-state index contributed by atoms with van der Waals surface area (Å²) in [5, 5.41) is 3.51. The van der Waals surface area contributed by atoms with Crippen LogP contribution in [0.15, 0.2) is 18.3 Å². The predicted molar refractivity (Wildman–Crippen MR) is 80.3 cm³/mol. The van der Waals surface area contributed by atoms with Gasteiger partial charge in [-0.05, 0) is 37.7 Å². The quantitative estimate of drug-likeness (QED) is 0.820. The van der Waals surface area contributed by atoms with Crippen LogP contribution in [0.2, 0.25) is 0 Å². The van der Waals surface area contributed by atoms with Crippen LogP contribution in [0.3, 0.4) is 0 Å². The Morgan fingerprint density at radius 3 is 2.83 bits per heavy atom. The number of thioether (sulfide) groups is 1. The molecule has 18 heavy (non-hydrogen) atoms. The maximum atomic E-state index is 4.56. The van der Waals surface area contributed by atoms with E-state index in [4.69, 9.17) is 0 Å². The summed E-state index contributed by atoms with van der Waals surface area (Å²) >= 11 is 1.87. The van der Waals surface area contributed by atoms with Gasteiger partial charge in [-0.25, -0.2) is 4.98 Å². The average molecular weight is 265 g/mol. The van der Waals surface area contributed by atoms with Crippen molar-refractivity contribution in [1.82, 2.24) is 10.3 Å². The molecule has 100 valence electrons. The zero-order chi connectivity index (χ0) is 13.0. The van der Waals surface area contributed by atoms with E-state index in [1.54, 1.807) is 0 Å². The summed E-state index contributed by atoms with van der Waals surface area (Å²) in [7, 11) is 2.12. The molecule has 0 aliphatic heterocycles. The van der Waals surface area contributed by atoms with Gasteiger partial charge >= 0.3 is 0 Å². The fraction of sp³-hybridized carbons (Fsp3) is 0.643. The van der Waals surface area contributed by atoms with Crippen molar-refractivity contribution in [2.45, 2.75) is 38.4 Å². The number of rotatable bonds is 7. The van der Waals surface area contributed by atoms with Gasteiger partial charge in [0.15, 0.2) is 0 Å². The van der Waals surface area contributed by atoms with Gasteiger partial charge in [0.1, 0.15) is 5.82 Å². The minimum atomic E-state index is 0.517. The van der Waals surface area contributed by atoms with E-state index in [-0.39, 0.29) is 0 Å². The normalized spacial score (nSPS) is 16.6. The summed E-state index contributed by atoms with van der Waals surface area (Å²) in [6.07, 6.45) is 6.80. The minimum Gasteiger partial charge on any atom is -0.356 e. The SMILES string of the molecule is CSCC(C)N(C)c1ccc(CNC2CC2)cn1. The molecule has 1 aliphatic carbocycles. The summed E-state index contributed by atoms with van der Waals surface area (Å²) in [5.41, 5.74) is 1.27. The smallest absolute Gasteiger partial charge is 0.128 e. The second kappa shape index (κ2) is 6.43. The van der Waals surface area contributed by atoms with Crippen molar-refractivity contribution in [3.8, 4) is 0 Å². The zero-order valence-corrected chi connectivity index (χ0v) is 12.3. The molecule has 2 rings (SSSR count). The number of anilines is 1. The minimum absolute atomic E-state index is 0.517. The Labute approximate surface area is 114 Å². The molecule has 0 bridgehead atoms. The third kappa shape index (κ3) is 3.89. The summed E-state index contributed by atoms with van der Waals surface area (Å²) in [6, 6.07) is 5.58. The van der Waals surface area contributed by atoms with E-state index in [0.29, 0.717) is 6.04 Å². The molecule has 0 saturated heterocycles. The van der Waals surface area contributed by atoms with Gasteiger partial charge in [-0.1, -0.05) is 6.07 Å². The molecule has 1 saturated carbocycles. The number of hydrogen-bond donors (Lipinski definition) is 1. The standard InChI is InChI=1S/C14H23N3S/c1-11(10-18-3)17(2)14-7-4-12(9-16-14)8-15-13-5-6-13/h4,7,9,11,13,15H,5-6,8,10H2,1-3H3. The molecule has 1 aromatic rings. The second-order valence-electron chi connectivity index (χ2n) is 5.10. The predicted octanol–water partition coefficient (Wildman–Crippen LogP) is 2.52. The zero-order valence-electron chi connectivity index (χ0n) is 11.5. The fourth-order valence-corrected chi connectivity index (χ4v) is 2.56. The number of nitrogens with one attached hydrogen (secondary N) is 1. The van der Waals surface area contributed by atoms with E-state index in [1.165, 1.54) is 18.4 Å². The first kappa shape index (κ1) is 13.7. The van der Waals surface area contributed by atoms with Crippen LogP contribution in [0.4, 0.5) is 5.82 Å². The van der Waals surface area contributed by atoms with Crippen LogP contribution in [0.5, 0.6) is 0 Å². The third-order valence-corrected chi connectivity index (χ3v) is 4.23. The van der Waals surface area contributed by atoms with Crippen LogP contribution in [0.25, 0.3) is 0 Å². The molecule has 0 spiro atoms. The van der Waals surface area contributed by atoms with E-state index in [2.05, 4.69) is 47.6 Å². The Bertz CT molecular complexity index is 362. The summed E-state index contributed by atoms with van der Waals surface area (Å²) in [5.74, 6) is 2.19. The van der Waals surface area contributed by atoms with Gasteiger partial charge in [-0.2, -0.15) is 11.8 Å². The Hall–Kier alpha value is -0.740. The molecular weight excluding hydrogens is 242 g/mol. The summed E-state index contributed by atoms with van der Waals surface area (Å²) in [6.45, 7) is 3.18. The number of hydrogen-bond acceptors (Lipinski definition) is 4. The van der Waals surface area contributed by atoms with Crippen molar-refractivity contribution in [3.63, 3.8) is 0 Å². The molecule has 1 N–H and O–H groups in total. The first-order valence-electron chi connectivity index (χ1n) is 6.60. The van der Waals surface area contributed by atoms with Crippen molar-refractivity contribution >= 4 is 17.6 Å². The first-order chi connectivity index (χ1) is 8.70. The van der Waals surface area contributed by atoms with Gasteiger partial charge in [-0.15, -0.1) is 0 Å². The number of pyridine rings is 1. The molecular formula is C14H23N3S. The van der Waals surface area contributed by atoms with Crippen molar-refractivity contribution in [1.29, 1.82) is 0 Å². The van der Waals surface area contributed by atoms with Crippen LogP contribution in [-0.2, 0) is 6.54 Å². The highest BCUT2D eigenvalue weighted by Crippen LogP contribution is 2.19. The number of aromatic nitrogens is 1. The largest absolute Gasteiger partial charge is 0.356 e. The lowest BCUT2D eigenvalue weighted by Crippen LogP contribution is -2.31. The van der Waals surface area contributed by atoms with E-state index in [1.807, 2.05) is 18.0 Å². The lowest BCUT2D eigenvalue weighted by Gasteiger charge is -2.25. The number of nitrogens with zero attached hydrogens (tertiary/aromatic N) is 2.